The molecule has 120 valence electrons. The molecule has 1 aliphatic rings. The van der Waals surface area contributed by atoms with Gasteiger partial charge in [-0.25, -0.2) is 0 Å². The molecule has 0 bridgehead atoms. The maximum absolute atomic E-state index is 12.4. The van der Waals surface area contributed by atoms with Gasteiger partial charge < -0.3 is 24.3 Å². The van der Waals surface area contributed by atoms with E-state index in [1.807, 2.05) is 6.92 Å². The minimum atomic E-state index is -0.673. The van der Waals surface area contributed by atoms with E-state index in [0.717, 1.165) is 0 Å². The smallest absolute Gasteiger partial charge is 0.366 e. The van der Waals surface area contributed by atoms with Crippen molar-refractivity contribution in [2.75, 3.05) is 25.7 Å². The van der Waals surface area contributed by atoms with E-state index in [2.05, 4.69) is 4.98 Å². The maximum Gasteiger partial charge on any atom is 0.366 e. The highest BCUT2D eigenvalue weighted by Crippen LogP contribution is 2.34. The van der Waals surface area contributed by atoms with Crippen molar-refractivity contribution in [3.05, 3.63) is 22.2 Å². The molecular weight excluding hydrogens is 294 g/mol. The number of carbonyl (C=O) groups is 1. The molecule has 0 saturated carbocycles. The van der Waals surface area contributed by atoms with Gasteiger partial charge in [-0.05, 0) is 22.4 Å². The van der Waals surface area contributed by atoms with E-state index in [9.17, 15) is 14.9 Å². The van der Waals surface area contributed by atoms with Crippen molar-refractivity contribution in [2.45, 2.75) is 25.7 Å². The third-order valence-corrected chi connectivity index (χ3v) is 3.31. The van der Waals surface area contributed by atoms with E-state index < -0.39 is 17.3 Å². The Morgan fingerprint density at radius 2 is 2.14 bits per heavy atom. The lowest BCUT2D eigenvalue weighted by atomic mass is 10.2. The molecule has 0 spiro atoms. The molecule has 9 nitrogen and oxygen atoms in total. The highest BCUT2D eigenvalue weighted by molar-refractivity contribution is 5.99. The largest absolute Gasteiger partial charge is 0.474 e. The number of aromatic nitrogens is 1. The average Bonchev–Trinajstić information content (AvgIpc) is 2.53. The molecule has 1 aromatic rings. The summed E-state index contributed by atoms with van der Waals surface area (Å²) >= 11 is 0. The van der Waals surface area contributed by atoms with Crippen molar-refractivity contribution >= 4 is 17.5 Å². The first-order valence-corrected chi connectivity index (χ1v) is 6.70. The molecule has 1 atom stereocenters. The Hall–Kier alpha value is -2.26. The summed E-state index contributed by atoms with van der Waals surface area (Å²) in [5.41, 5.74) is 0. The fraction of sp³-hybridized carbons (Fsp3) is 0.538. The summed E-state index contributed by atoms with van der Waals surface area (Å²) in [7, 11) is 2.89. The highest BCUT2D eigenvalue weighted by Gasteiger charge is 2.39. The Kier molecular flexibility index (Phi) is 4.88. The molecule has 2 heterocycles. The quantitative estimate of drug-likeness (QED) is 0.440. The minimum absolute atomic E-state index is 0.0624. The number of methoxy groups -OCH3 is 2. The number of nitrogens with zero attached hydrogens (tertiary/aromatic N) is 3. The van der Waals surface area contributed by atoms with Crippen molar-refractivity contribution in [2.24, 2.45) is 0 Å². The molecule has 2 rings (SSSR count). The van der Waals surface area contributed by atoms with E-state index in [4.69, 9.17) is 14.2 Å². The van der Waals surface area contributed by atoms with Crippen molar-refractivity contribution < 1.29 is 23.9 Å². The predicted octanol–water partition coefficient (Wildman–Crippen LogP) is 1.11. The van der Waals surface area contributed by atoms with Crippen molar-refractivity contribution in [3.8, 4) is 5.75 Å². The number of ether oxygens (including phenoxy) is 3. The Morgan fingerprint density at radius 1 is 1.45 bits per heavy atom. The van der Waals surface area contributed by atoms with E-state index >= 15 is 0 Å². The van der Waals surface area contributed by atoms with Gasteiger partial charge in [-0.3, -0.25) is 9.69 Å². The number of anilines is 1. The third-order valence-electron chi connectivity index (χ3n) is 3.31. The number of pyridine rings is 1. The molecule has 1 unspecified atom stereocenters. The summed E-state index contributed by atoms with van der Waals surface area (Å²) in [4.78, 5) is 27.9. The van der Waals surface area contributed by atoms with Crippen molar-refractivity contribution in [3.63, 3.8) is 0 Å². The van der Waals surface area contributed by atoms with Gasteiger partial charge >= 0.3 is 5.82 Å². The highest BCUT2D eigenvalue weighted by atomic mass is 16.7. The first-order valence-electron chi connectivity index (χ1n) is 6.70. The minimum Gasteiger partial charge on any atom is -0.474 e. The summed E-state index contributed by atoms with van der Waals surface area (Å²) in [6.07, 6.45) is -0.866. The van der Waals surface area contributed by atoms with Crippen molar-refractivity contribution in [1.29, 1.82) is 0 Å². The van der Waals surface area contributed by atoms with Crippen LogP contribution in [0.25, 0.3) is 0 Å². The second-order valence-electron chi connectivity index (χ2n) is 4.61. The number of hydrogen-bond donors (Lipinski definition) is 0. The second kappa shape index (κ2) is 6.67. The van der Waals surface area contributed by atoms with Crippen LogP contribution in [0.5, 0.6) is 5.75 Å². The van der Waals surface area contributed by atoms with Gasteiger partial charge in [0.05, 0.1) is 6.54 Å². The lowest BCUT2D eigenvalue weighted by Crippen LogP contribution is -2.49. The van der Waals surface area contributed by atoms with E-state index in [1.165, 1.54) is 31.3 Å². The van der Waals surface area contributed by atoms with Crippen LogP contribution < -0.4 is 9.64 Å². The van der Waals surface area contributed by atoms with Crippen LogP contribution in [0.15, 0.2) is 12.1 Å². The summed E-state index contributed by atoms with van der Waals surface area (Å²) in [6.45, 7) is 1.88. The summed E-state index contributed by atoms with van der Waals surface area (Å²) < 4.78 is 15.7. The lowest BCUT2D eigenvalue weighted by Gasteiger charge is -2.32. The zero-order valence-electron chi connectivity index (χ0n) is 12.5. The molecular formula is C13H17N3O6. The molecule has 22 heavy (non-hydrogen) atoms. The predicted molar refractivity (Wildman–Crippen MR) is 75.8 cm³/mol. The first kappa shape index (κ1) is 16.1. The Labute approximate surface area is 126 Å². The number of hydrogen-bond acceptors (Lipinski definition) is 7. The fourth-order valence-electron chi connectivity index (χ4n) is 2.12. The average molecular weight is 311 g/mol. The van der Waals surface area contributed by atoms with Crippen LogP contribution in [-0.4, -0.2) is 49.0 Å². The molecule has 0 N–H and O–H groups in total. The fourth-order valence-corrected chi connectivity index (χ4v) is 2.12. The molecule has 1 aliphatic heterocycles. The van der Waals surface area contributed by atoms with E-state index in [-0.39, 0.29) is 24.1 Å². The van der Waals surface area contributed by atoms with Gasteiger partial charge in [0.15, 0.2) is 18.1 Å². The topological polar surface area (TPSA) is 104 Å². The van der Waals surface area contributed by atoms with Crippen LogP contribution in [0.4, 0.5) is 11.6 Å². The Bertz CT molecular complexity index is 575. The second-order valence-corrected chi connectivity index (χ2v) is 4.61. The number of carbonyl (C=O) groups excluding carboxylic acids is 1. The zero-order valence-corrected chi connectivity index (χ0v) is 12.5. The maximum atomic E-state index is 12.4. The van der Waals surface area contributed by atoms with Crippen LogP contribution >= 0.6 is 0 Å². The molecule has 0 radical (unpaired) electrons. The van der Waals surface area contributed by atoms with Crippen LogP contribution in [0, 0.1) is 10.1 Å². The van der Waals surface area contributed by atoms with Gasteiger partial charge in [-0.2, -0.15) is 0 Å². The third kappa shape index (κ3) is 3.00. The van der Waals surface area contributed by atoms with Gasteiger partial charge in [0.1, 0.15) is 0 Å². The number of nitro groups is 1. The van der Waals surface area contributed by atoms with Gasteiger partial charge in [0.2, 0.25) is 0 Å². The van der Waals surface area contributed by atoms with Gasteiger partial charge in [-0.1, -0.05) is 6.92 Å². The molecule has 0 aliphatic carbocycles. The van der Waals surface area contributed by atoms with Crippen LogP contribution in [-0.2, 0) is 14.3 Å². The number of rotatable bonds is 6. The summed E-state index contributed by atoms with van der Waals surface area (Å²) in [5, 5.41) is 10.9. The first-order chi connectivity index (χ1) is 10.5. The Morgan fingerprint density at radius 3 is 2.68 bits per heavy atom. The zero-order chi connectivity index (χ0) is 16.3. The van der Waals surface area contributed by atoms with Gasteiger partial charge in [0, 0.05) is 20.3 Å². The summed E-state index contributed by atoms with van der Waals surface area (Å²) in [5.74, 6) is -0.269. The van der Waals surface area contributed by atoms with Gasteiger partial charge in [-0.15, -0.1) is 0 Å². The van der Waals surface area contributed by atoms with Gasteiger partial charge in [0.25, 0.3) is 11.7 Å². The van der Waals surface area contributed by atoms with Crippen molar-refractivity contribution in [1.82, 2.24) is 4.98 Å². The van der Waals surface area contributed by atoms with Crippen LogP contribution in [0.3, 0.4) is 0 Å². The molecule has 1 amide bonds. The SMILES string of the molecule is CCC1Oc2ccc([N+](=O)[O-])nc2N(CC(OC)OC)C1=O. The molecule has 9 heteroatoms. The molecule has 0 aromatic carbocycles. The van der Waals surface area contributed by atoms with Crippen LogP contribution in [0.1, 0.15) is 13.3 Å². The summed E-state index contributed by atoms with van der Waals surface area (Å²) in [6, 6.07) is 2.68. The molecule has 0 fully saturated rings. The number of amides is 1. The van der Waals surface area contributed by atoms with Crippen LogP contribution in [0.2, 0.25) is 0 Å². The lowest BCUT2D eigenvalue weighted by molar-refractivity contribution is -0.389. The van der Waals surface area contributed by atoms with E-state index in [0.29, 0.717) is 12.2 Å². The normalized spacial score (nSPS) is 17.4. The number of fused-ring (bicyclic) bond motifs is 1. The Balaban J connectivity index is 2.43. The molecule has 1 aromatic heterocycles. The van der Waals surface area contributed by atoms with E-state index in [1.54, 1.807) is 0 Å². The monoisotopic (exact) mass is 311 g/mol. The molecule has 0 saturated heterocycles. The standard InChI is InChI=1S/C13H17N3O6/c1-4-8-13(17)15(7-11(20-2)21-3)12-9(22-8)5-6-10(14-12)16(18)19/h5-6,8,11H,4,7H2,1-3H3.